The zero-order chi connectivity index (χ0) is 13.8. The number of hydrogen-bond acceptors (Lipinski definition) is 5. The zero-order valence-electron chi connectivity index (χ0n) is 9.50. The van der Waals surface area contributed by atoms with Crippen molar-refractivity contribution in [3.05, 3.63) is 58.0 Å². The van der Waals surface area contributed by atoms with E-state index in [0.717, 1.165) is 6.07 Å². The van der Waals surface area contributed by atoms with Crippen LogP contribution in [-0.4, -0.2) is 9.91 Å². The first kappa shape index (κ1) is 12.4. The largest absolute Gasteiger partial charge is 0.340 e. The Balaban J connectivity index is 2.29. The van der Waals surface area contributed by atoms with Crippen LogP contribution >= 0.6 is 0 Å². The summed E-state index contributed by atoms with van der Waals surface area (Å²) in [4.78, 5) is 14.0. The Morgan fingerprint density at radius 3 is 2.84 bits per heavy atom. The molecular weight excluding hydrogens is 251 g/mol. The molecule has 6 nitrogen and oxygen atoms in total. The summed E-state index contributed by atoms with van der Waals surface area (Å²) in [6.07, 6.45) is 1.29. The molecule has 0 amide bonds. The molecule has 2 rings (SSSR count). The van der Waals surface area contributed by atoms with Gasteiger partial charge in [0.2, 0.25) is 0 Å². The standard InChI is InChI=1S/C12H7FN4O2/c13-11-2-1-9(5-8(11)7-14)16-12-6-10(17(18)19)3-4-15-12/h1-6H,(H,15,16). The second-order valence-electron chi connectivity index (χ2n) is 3.59. The Morgan fingerprint density at radius 1 is 1.37 bits per heavy atom. The minimum Gasteiger partial charge on any atom is -0.340 e. The van der Waals surface area contributed by atoms with E-state index < -0.39 is 10.7 Å². The number of benzene rings is 1. The van der Waals surface area contributed by atoms with E-state index in [0.29, 0.717) is 5.69 Å². The molecule has 0 saturated heterocycles. The van der Waals surface area contributed by atoms with E-state index in [9.17, 15) is 14.5 Å². The third kappa shape index (κ3) is 2.81. The third-order valence-corrected chi connectivity index (χ3v) is 2.31. The van der Waals surface area contributed by atoms with E-state index in [1.807, 2.05) is 0 Å². The molecule has 1 heterocycles. The molecule has 1 N–H and O–H groups in total. The quantitative estimate of drug-likeness (QED) is 0.675. The van der Waals surface area contributed by atoms with Gasteiger partial charge in [-0.1, -0.05) is 0 Å². The molecule has 7 heteroatoms. The lowest BCUT2D eigenvalue weighted by molar-refractivity contribution is -0.384. The number of aromatic nitrogens is 1. The fourth-order valence-corrected chi connectivity index (χ4v) is 1.44. The van der Waals surface area contributed by atoms with Crippen LogP contribution in [0.25, 0.3) is 0 Å². The first-order chi connectivity index (χ1) is 9.10. The van der Waals surface area contributed by atoms with Gasteiger partial charge in [0.15, 0.2) is 0 Å². The van der Waals surface area contributed by atoms with Crippen LogP contribution < -0.4 is 5.32 Å². The average Bonchev–Trinajstić information content (AvgIpc) is 2.41. The van der Waals surface area contributed by atoms with Gasteiger partial charge in [0, 0.05) is 18.0 Å². The molecule has 0 atom stereocenters. The van der Waals surface area contributed by atoms with Crippen LogP contribution in [-0.2, 0) is 0 Å². The molecule has 0 fully saturated rings. The molecule has 0 radical (unpaired) electrons. The van der Waals surface area contributed by atoms with Gasteiger partial charge in [-0.3, -0.25) is 10.1 Å². The summed E-state index contributed by atoms with van der Waals surface area (Å²) in [5.41, 5.74) is 0.196. The van der Waals surface area contributed by atoms with Crippen molar-refractivity contribution in [2.24, 2.45) is 0 Å². The van der Waals surface area contributed by atoms with E-state index in [4.69, 9.17) is 5.26 Å². The summed E-state index contributed by atoms with van der Waals surface area (Å²) in [5, 5.41) is 22.1. The minimum atomic E-state index is -0.625. The molecule has 0 unspecified atom stereocenters. The zero-order valence-corrected chi connectivity index (χ0v) is 9.50. The summed E-state index contributed by atoms with van der Waals surface area (Å²) in [6, 6.07) is 8.07. The predicted octanol–water partition coefficient (Wildman–Crippen LogP) is 2.74. The van der Waals surface area contributed by atoms with Crippen molar-refractivity contribution in [2.75, 3.05) is 5.32 Å². The first-order valence-electron chi connectivity index (χ1n) is 5.17. The van der Waals surface area contributed by atoms with Gasteiger partial charge in [0.25, 0.3) is 5.69 Å². The number of nitrogens with one attached hydrogen (secondary N) is 1. The van der Waals surface area contributed by atoms with E-state index in [1.165, 1.54) is 30.5 Å². The normalized spacial score (nSPS) is 9.68. The van der Waals surface area contributed by atoms with Crippen molar-refractivity contribution >= 4 is 17.2 Å². The molecular formula is C12H7FN4O2. The van der Waals surface area contributed by atoms with Gasteiger partial charge in [-0.2, -0.15) is 5.26 Å². The maximum Gasteiger partial charge on any atom is 0.274 e. The van der Waals surface area contributed by atoms with Crippen molar-refractivity contribution in [2.45, 2.75) is 0 Å². The molecule has 1 aromatic carbocycles. The van der Waals surface area contributed by atoms with Gasteiger partial charge in [-0.25, -0.2) is 9.37 Å². The van der Waals surface area contributed by atoms with E-state index in [1.54, 1.807) is 6.07 Å². The fourth-order valence-electron chi connectivity index (χ4n) is 1.44. The molecule has 19 heavy (non-hydrogen) atoms. The lowest BCUT2D eigenvalue weighted by Crippen LogP contribution is -1.96. The average molecular weight is 258 g/mol. The van der Waals surface area contributed by atoms with Crippen LogP contribution in [0.1, 0.15) is 5.56 Å². The number of nitrogens with zero attached hydrogens (tertiary/aromatic N) is 3. The number of halogens is 1. The molecule has 0 bridgehead atoms. The number of rotatable bonds is 3. The Bertz CT molecular complexity index is 682. The number of pyridine rings is 1. The van der Waals surface area contributed by atoms with Crippen molar-refractivity contribution in [1.82, 2.24) is 4.98 Å². The van der Waals surface area contributed by atoms with E-state index >= 15 is 0 Å². The van der Waals surface area contributed by atoms with Gasteiger partial charge < -0.3 is 5.32 Å². The number of nitriles is 1. The van der Waals surface area contributed by atoms with Gasteiger partial charge in [-0.15, -0.1) is 0 Å². The lowest BCUT2D eigenvalue weighted by atomic mass is 10.2. The van der Waals surface area contributed by atoms with Crippen LogP contribution in [0.2, 0.25) is 0 Å². The van der Waals surface area contributed by atoms with Gasteiger partial charge in [0.1, 0.15) is 17.7 Å². The first-order valence-corrected chi connectivity index (χ1v) is 5.17. The summed E-state index contributed by atoms with van der Waals surface area (Å²) in [7, 11) is 0. The predicted molar refractivity (Wildman–Crippen MR) is 65.3 cm³/mol. The maximum atomic E-state index is 13.1. The van der Waals surface area contributed by atoms with Crippen LogP contribution in [0.5, 0.6) is 0 Å². The molecule has 0 spiro atoms. The van der Waals surface area contributed by atoms with Crippen molar-refractivity contribution in [3.63, 3.8) is 0 Å². The second-order valence-corrected chi connectivity index (χ2v) is 3.59. The number of nitro groups is 1. The molecule has 0 aliphatic rings. The van der Waals surface area contributed by atoms with Gasteiger partial charge >= 0.3 is 0 Å². The van der Waals surface area contributed by atoms with Gasteiger partial charge in [-0.05, 0) is 18.2 Å². The molecule has 1 aromatic heterocycles. The highest BCUT2D eigenvalue weighted by molar-refractivity contribution is 5.60. The SMILES string of the molecule is N#Cc1cc(Nc2cc([N+](=O)[O-])ccn2)ccc1F. The summed E-state index contributed by atoms with van der Waals surface area (Å²) in [6.45, 7) is 0. The summed E-state index contributed by atoms with van der Waals surface area (Å²) in [5.74, 6) is -0.384. The van der Waals surface area contributed by atoms with Crippen molar-refractivity contribution in [3.8, 4) is 6.07 Å². The second kappa shape index (κ2) is 5.10. The summed E-state index contributed by atoms with van der Waals surface area (Å²) < 4.78 is 13.1. The van der Waals surface area contributed by atoms with Crippen LogP contribution in [0.4, 0.5) is 21.6 Å². The fraction of sp³-hybridized carbons (Fsp3) is 0. The van der Waals surface area contributed by atoms with E-state index in [-0.39, 0.29) is 17.1 Å². The van der Waals surface area contributed by atoms with Crippen LogP contribution in [0, 0.1) is 27.3 Å². The topological polar surface area (TPSA) is 91.8 Å². The monoisotopic (exact) mass is 258 g/mol. The Labute approximate surface area is 107 Å². The maximum absolute atomic E-state index is 13.1. The number of hydrogen-bond donors (Lipinski definition) is 1. The van der Waals surface area contributed by atoms with Crippen molar-refractivity contribution < 1.29 is 9.31 Å². The highest BCUT2D eigenvalue weighted by atomic mass is 19.1. The highest BCUT2D eigenvalue weighted by Gasteiger charge is 2.08. The Hall–Kier alpha value is -3.01. The highest BCUT2D eigenvalue weighted by Crippen LogP contribution is 2.20. The third-order valence-electron chi connectivity index (χ3n) is 2.31. The van der Waals surface area contributed by atoms with Crippen molar-refractivity contribution in [1.29, 1.82) is 5.26 Å². The molecule has 0 aliphatic heterocycles. The van der Waals surface area contributed by atoms with E-state index in [2.05, 4.69) is 10.3 Å². The van der Waals surface area contributed by atoms with Gasteiger partial charge in [0.05, 0.1) is 16.6 Å². The molecule has 94 valence electrons. The van der Waals surface area contributed by atoms with Crippen LogP contribution in [0.15, 0.2) is 36.5 Å². The Morgan fingerprint density at radius 2 is 2.16 bits per heavy atom. The minimum absolute atomic E-state index is 0.111. The lowest BCUT2D eigenvalue weighted by Gasteiger charge is -2.05. The number of anilines is 2. The summed E-state index contributed by atoms with van der Waals surface area (Å²) >= 11 is 0. The van der Waals surface area contributed by atoms with Crippen LogP contribution in [0.3, 0.4) is 0 Å². The smallest absolute Gasteiger partial charge is 0.274 e. The Kier molecular flexibility index (Phi) is 3.34. The molecule has 0 saturated carbocycles. The molecule has 0 aliphatic carbocycles. The molecule has 2 aromatic rings.